The number of piperidine rings is 1. The van der Waals surface area contributed by atoms with Gasteiger partial charge in [0, 0.05) is 36.4 Å². The summed E-state index contributed by atoms with van der Waals surface area (Å²) >= 11 is 2.20. The molecular weight excluding hydrogens is 670 g/mol. The zero-order valence-electron chi connectivity index (χ0n) is 27.6. The number of urea groups is 1. The average Bonchev–Trinajstić information content (AvgIpc) is 3.75. The smallest absolute Gasteiger partial charge is 0.324 e. The van der Waals surface area contributed by atoms with Gasteiger partial charge in [-0.3, -0.25) is 5.32 Å². The van der Waals surface area contributed by atoms with Crippen LogP contribution in [0.3, 0.4) is 0 Å². The Morgan fingerprint density at radius 1 is 1.02 bits per heavy atom. The molecule has 1 fully saturated rings. The molecule has 4 heterocycles. The van der Waals surface area contributed by atoms with Gasteiger partial charge in [-0.05, 0) is 79.4 Å². The van der Waals surface area contributed by atoms with Gasteiger partial charge in [-0.2, -0.15) is 8.78 Å². The lowest BCUT2D eigenvalue weighted by Gasteiger charge is -2.42. The first-order chi connectivity index (χ1) is 23.2. The van der Waals surface area contributed by atoms with E-state index < -0.39 is 12.0 Å². The Labute approximate surface area is 290 Å². The van der Waals surface area contributed by atoms with Crippen molar-refractivity contribution >= 4 is 61.8 Å². The average molecular weight is 707 g/mol. The number of halogens is 3. The Kier molecular flexibility index (Phi) is 8.35. The predicted octanol–water partition coefficient (Wildman–Crippen LogP) is 9.55. The maximum absolute atomic E-state index is 14.2. The third-order valence-corrected chi connectivity index (χ3v) is 11.1. The first kappa shape index (κ1) is 33.3. The number of carbonyl (C=O) groups excluding carboxylic acids is 1. The number of hydrogen-bond acceptors (Lipinski definition) is 8. The Morgan fingerprint density at radius 2 is 1.78 bits per heavy atom. The molecule has 0 radical (unpaired) electrons. The molecule has 3 aromatic carbocycles. The number of amides is 2. The lowest BCUT2D eigenvalue weighted by molar-refractivity contribution is 0.0173. The largest absolute Gasteiger partial charge is 0.506 e. The molecular formula is C36H37F3N6O2S2. The second-order valence-corrected chi connectivity index (χ2v) is 16.1. The summed E-state index contributed by atoms with van der Waals surface area (Å²) in [6.45, 7) is 10.7. The van der Waals surface area contributed by atoms with Crippen LogP contribution in [-0.2, 0) is 11.3 Å². The number of aromatic nitrogens is 2. The normalized spacial score (nSPS) is 16.3. The second kappa shape index (κ2) is 12.3. The number of rotatable bonds is 6. The van der Waals surface area contributed by atoms with E-state index in [1.165, 1.54) is 28.8 Å². The third-order valence-electron chi connectivity index (χ3n) is 9.07. The van der Waals surface area contributed by atoms with Crippen LogP contribution in [0.4, 0.5) is 40.8 Å². The van der Waals surface area contributed by atoms with Crippen LogP contribution in [0.1, 0.15) is 51.1 Å². The van der Waals surface area contributed by atoms with Crippen molar-refractivity contribution in [2.24, 2.45) is 5.41 Å². The van der Waals surface area contributed by atoms with Gasteiger partial charge in [0.2, 0.25) is 0 Å². The number of nitrogens with zero attached hydrogens (tertiary/aromatic N) is 4. The van der Waals surface area contributed by atoms with Gasteiger partial charge in [-0.1, -0.05) is 32.9 Å². The number of phenols is 1. The standard InChI is InChI=1S/C36H37F3N6O2S2/c1-34(2,3)19-44-15-13-36(14-16-44)20-45(25-8-6-5-7-23(25)41-33(47)43-28-18-48-32(42-28)35(4,38)39)30-26(46)12-10-22(29(30)36)31-40-24-11-9-21(37)17-27(24)49-31/h5-12,17-18,46H,13-16,19-20H2,1-4H3,(H2,41,43,47). The SMILES string of the molecule is CC(C)(C)CN1CCC2(CC1)CN(c1ccccc1NC(=O)Nc1csc(C(C)(F)F)n1)c1c(O)ccc(-c3nc4ccc(F)cc4s3)c12. The summed E-state index contributed by atoms with van der Waals surface area (Å²) in [6.07, 6.45) is 1.68. The maximum atomic E-state index is 14.2. The molecule has 0 atom stereocenters. The van der Waals surface area contributed by atoms with Gasteiger partial charge in [0.1, 0.15) is 22.4 Å². The van der Waals surface area contributed by atoms with E-state index in [1.54, 1.807) is 24.3 Å². The van der Waals surface area contributed by atoms with E-state index in [1.807, 2.05) is 18.2 Å². The van der Waals surface area contributed by atoms with E-state index in [2.05, 4.69) is 46.2 Å². The molecule has 1 spiro atoms. The number of likely N-dealkylation sites (tertiary alicyclic amines) is 1. The Morgan fingerprint density at radius 3 is 2.49 bits per heavy atom. The van der Waals surface area contributed by atoms with Crippen molar-refractivity contribution in [2.75, 3.05) is 41.7 Å². The number of alkyl halides is 2. The number of aromatic hydroxyl groups is 1. The molecule has 0 saturated carbocycles. The van der Waals surface area contributed by atoms with Crippen LogP contribution in [0.25, 0.3) is 20.8 Å². The number of para-hydroxylation sites is 2. The van der Waals surface area contributed by atoms with Gasteiger partial charge in [-0.25, -0.2) is 19.2 Å². The molecule has 2 aromatic heterocycles. The number of benzene rings is 3. The predicted molar refractivity (Wildman–Crippen MR) is 191 cm³/mol. The van der Waals surface area contributed by atoms with Crippen LogP contribution >= 0.6 is 22.7 Å². The van der Waals surface area contributed by atoms with Gasteiger partial charge >= 0.3 is 6.03 Å². The summed E-state index contributed by atoms with van der Waals surface area (Å²) in [5, 5.41) is 18.8. The Balaban J connectivity index is 1.28. The van der Waals surface area contributed by atoms with Crippen LogP contribution in [0.5, 0.6) is 5.75 Å². The molecule has 5 aromatic rings. The number of carbonyl (C=O) groups is 1. The molecule has 13 heteroatoms. The summed E-state index contributed by atoms with van der Waals surface area (Å²) in [7, 11) is 0. The number of thiazole rings is 2. The third kappa shape index (κ3) is 6.59. The lowest BCUT2D eigenvalue weighted by atomic mass is 9.72. The quantitative estimate of drug-likeness (QED) is 0.163. The van der Waals surface area contributed by atoms with Crippen LogP contribution in [0.2, 0.25) is 0 Å². The fourth-order valence-corrected chi connectivity index (χ4v) is 8.80. The summed E-state index contributed by atoms with van der Waals surface area (Å²) in [5.41, 5.74) is 4.20. The van der Waals surface area contributed by atoms with E-state index >= 15 is 0 Å². The van der Waals surface area contributed by atoms with Crippen LogP contribution in [0.15, 0.2) is 60.0 Å². The lowest BCUT2D eigenvalue weighted by Crippen LogP contribution is -2.47. The highest BCUT2D eigenvalue weighted by atomic mass is 32.1. The minimum atomic E-state index is -3.11. The molecule has 0 aliphatic carbocycles. The van der Waals surface area contributed by atoms with Gasteiger partial charge in [-0.15, -0.1) is 22.7 Å². The van der Waals surface area contributed by atoms with Gasteiger partial charge < -0.3 is 20.2 Å². The zero-order chi connectivity index (χ0) is 34.7. The molecule has 2 amide bonds. The molecule has 7 rings (SSSR count). The molecule has 3 N–H and O–H groups in total. The first-order valence-electron chi connectivity index (χ1n) is 16.1. The highest BCUT2D eigenvalue weighted by Crippen LogP contribution is 2.57. The molecule has 0 bridgehead atoms. The van der Waals surface area contributed by atoms with Crippen molar-refractivity contribution in [1.29, 1.82) is 0 Å². The molecule has 2 aliphatic rings. The first-order valence-corrected chi connectivity index (χ1v) is 17.8. The number of nitrogens with one attached hydrogen (secondary N) is 2. The van der Waals surface area contributed by atoms with Crippen molar-refractivity contribution in [1.82, 2.24) is 14.9 Å². The Hall–Kier alpha value is -4.20. The summed E-state index contributed by atoms with van der Waals surface area (Å²) in [4.78, 5) is 26.5. The van der Waals surface area contributed by atoms with E-state index in [0.29, 0.717) is 29.1 Å². The molecule has 49 heavy (non-hydrogen) atoms. The van der Waals surface area contributed by atoms with Crippen LogP contribution in [0, 0.1) is 11.2 Å². The fourth-order valence-electron chi connectivity index (χ4n) is 7.08. The molecule has 2 aliphatic heterocycles. The van der Waals surface area contributed by atoms with Crippen LogP contribution < -0.4 is 15.5 Å². The molecule has 1 saturated heterocycles. The number of phenolic OH excluding ortho intramolecular Hbond substituents is 1. The van der Waals surface area contributed by atoms with Crippen LogP contribution in [-0.4, -0.2) is 52.2 Å². The van der Waals surface area contributed by atoms with Crippen molar-refractivity contribution in [3.8, 4) is 16.3 Å². The number of hydrogen-bond donors (Lipinski definition) is 3. The van der Waals surface area contributed by atoms with Crippen molar-refractivity contribution in [3.05, 3.63) is 76.4 Å². The number of anilines is 4. The van der Waals surface area contributed by atoms with Gasteiger partial charge in [0.25, 0.3) is 5.92 Å². The fraction of sp³-hybridized carbons (Fsp3) is 0.361. The van der Waals surface area contributed by atoms with E-state index in [4.69, 9.17) is 4.98 Å². The number of fused-ring (bicyclic) bond motifs is 3. The van der Waals surface area contributed by atoms with Gasteiger partial charge in [0.05, 0.1) is 27.3 Å². The minimum Gasteiger partial charge on any atom is -0.506 e. The maximum Gasteiger partial charge on any atom is 0.324 e. The topological polar surface area (TPSA) is 93.6 Å². The zero-order valence-corrected chi connectivity index (χ0v) is 29.2. The molecule has 0 unspecified atom stereocenters. The van der Waals surface area contributed by atoms with E-state index in [-0.39, 0.29) is 33.2 Å². The van der Waals surface area contributed by atoms with E-state index in [0.717, 1.165) is 71.6 Å². The highest BCUT2D eigenvalue weighted by molar-refractivity contribution is 7.21. The summed E-state index contributed by atoms with van der Waals surface area (Å²) in [6, 6.07) is 14.9. The molecule has 8 nitrogen and oxygen atoms in total. The molecule has 256 valence electrons. The van der Waals surface area contributed by atoms with Crippen molar-refractivity contribution < 1.29 is 23.1 Å². The summed E-state index contributed by atoms with van der Waals surface area (Å²) in [5.74, 6) is -3.30. The minimum absolute atomic E-state index is 0.0296. The van der Waals surface area contributed by atoms with E-state index in [9.17, 15) is 23.1 Å². The van der Waals surface area contributed by atoms with Crippen molar-refractivity contribution in [2.45, 2.75) is 51.9 Å². The summed E-state index contributed by atoms with van der Waals surface area (Å²) < 4.78 is 42.4. The van der Waals surface area contributed by atoms with Gasteiger partial charge in [0.15, 0.2) is 5.01 Å². The highest BCUT2D eigenvalue weighted by Gasteiger charge is 2.49. The van der Waals surface area contributed by atoms with Crippen molar-refractivity contribution in [3.63, 3.8) is 0 Å². The monoisotopic (exact) mass is 706 g/mol. The Bertz CT molecular complexity index is 2040. The second-order valence-electron chi connectivity index (χ2n) is 14.2.